The van der Waals surface area contributed by atoms with Gasteiger partial charge in [-0.15, -0.1) is 0 Å². The third-order valence-corrected chi connectivity index (χ3v) is 1.43. The van der Waals surface area contributed by atoms with Crippen molar-refractivity contribution < 1.29 is 9.63 Å². The summed E-state index contributed by atoms with van der Waals surface area (Å²) >= 11 is 0. The Morgan fingerprint density at radius 1 is 1.82 bits per heavy atom. The molecule has 0 saturated heterocycles. The summed E-state index contributed by atoms with van der Waals surface area (Å²) in [7, 11) is 0. The van der Waals surface area contributed by atoms with Gasteiger partial charge in [0.25, 0.3) is 0 Å². The predicted octanol–water partition coefficient (Wildman–Crippen LogP) is 0.365. The maximum atomic E-state index is 9.33. The minimum absolute atomic E-state index is 0.451. The summed E-state index contributed by atoms with van der Waals surface area (Å²) in [6.45, 7) is 2.23. The van der Waals surface area contributed by atoms with E-state index in [2.05, 4.69) is 5.16 Å². The highest BCUT2D eigenvalue weighted by Crippen LogP contribution is 2.14. The molecule has 0 aliphatic carbocycles. The van der Waals surface area contributed by atoms with Gasteiger partial charge in [-0.2, -0.15) is 0 Å². The zero-order valence-electron chi connectivity index (χ0n) is 6.45. The van der Waals surface area contributed by atoms with Gasteiger partial charge in [-0.3, -0.25) is 0 Å². The highest BCUT2D eigenvalue weighted by Gasteiger charge is 2.10. The molecular weight excluding hydrogens is 144 g/mol. The van der Waals surface area contributed by atoms with Gasteiger partial charge in [-0.25, -0.2) is 0 Å². The van der Waals surface area contributed by atoms with E-state index in [1.165, 1.54) is 0 Å². The van der Waals surface area contributed by atoms with Gasteiger partial charge in [0.2, 0.25) is 0 Å². The molecule has 0 saturated carbocycles. The van der Waals surface area contributed by atoms with Gasteiger partial charge in [0.05, 0.1) is 0 Å². The summed E-state index contributed by atoms with van der Waals surface area (Å²) < 4.78 is 4.78. The van der Waals surface area contributed by atoms with Crippen molar-refractivity contribution in [2.75, 3.05) is 6.54 Å². The first-order chi connectivity index (χ1) is 5.24. The Morgan fingerprint density at radius 3 is 3.00 bits per heavy atom. The van der Waals surface area contributed by atoms with E-state index in [-0.39, 0.29) is 0 Å². The lowest BCUT2D eigenvalue weighted by molar-refractivity contribution is 0.160. The number of aliphatic hydroxyl groups excluding tert-OH is 1. The molecule has 11 heavy (non-hydrogen) atoms. The Balaban J connectivity index is 2.60. The molecule has 0 spiro atoms. The lowest BCUT2D eigenvalue weighted by atomic mass is 10.2. The summed E-state index contributed by atoms with van der Waals surface area (Å²) in [4.78, 5) is 0. The van der Waals surface area contributed by atoms with Crippen LogP contribution in [0.15, 0.2) is 10.6 Å². The molecule has 1 aromatic heterocycles. The maximum absolute atomic E-state index is 9.33. The minimum atomic E-state index is -0.586. The van der Waals surface area contributed by atoms with Crippen LogP contribution in [0.4, 0.5) is 0 Å². The lowest BCUT2D eigenvalue weighted by Crippen LogP contribution is -2.06. The molecule has 1 aromatic rings. The van der Waals surface area contributed by atoms with Crippen LogP contribution in [0.3, 0.4) is 0 Å². The van der Waals surface area contributed by atoms with Gasteiger partial charge in [0.15, 0.2) is 0 Å². The number of nitrogens with two attached hydrogens (primary N) is 1. The zero-order valence-corrected chi connectivity index (χ0v) is 6.45. The molecule has 0 fully saturated rings. The minimum Gasteiger partial charge on any atom is -0.387 e. The molecule has 0 aliphatic heterocycles. The number of nitrogens with zero attached hydrogens (tertiary/aromatic N) is 1. The molecule has 1 atom stereocenters. The van der Waals surface area contributed by atoms with Gasteiger partial charge in [-0.1, -0.05) is 5.16 Å². The quantitative estimate of drug-likeness (QED) is 0.663. The first-order valence-corrected chi connectivity index (χ1v) is 3.55. The monoisotopic (exact) mass is 156 g/mol. The second-order valence-electron chi connectivity index (χ2n) is 2.46. The van der Waals surface area contributed by atoms with Gasteiger partial charge < -0.3 is 15.4 Å². The number of hydrogen-bond donors (Lipinski definition) is 2. The molecule has 0 bridgehead atoms. The number of hydrogen-bond acceptors (Lipinski definition) is 4. The van der Waals surface area contributed by atoms with Gasteiger partial charge in [0.1, 0.15) is 17.6 Å². The third-order valence-electron chi connectivity index (χ3n) is 1.43. The van der Waals surface area contributed by atoms with Crippen LogP contribution in [-0.4, -0.2) is 16.8 Å². The molecular formula is C7H12N2O2. The van der Waals surface area contributed by atoms with E-state index in [4.69, 9.17) is 10.3 Å². The summed E-state index contributed by atoms with van der Waals surface area (Å²) in [5.41, 5.74) is 5.82. The standard InChI is InChI=1S/C7H12N2O2/c1-5-4-6(9-11-5)7(10)2-3-8/h4,7,10H,2-3,8H2,1H3/t7-/m0/s1. The SMILES string of the molecule is Cc1cc([C@@H](O)CCN)no1. The van der Waals surface area contributed by atoms with Crippen LogP contribution < -0.4 is 5.73 Å². The van der Waals surface area contributed by atoms with E-state index < -0.39 is 6.10 Å². The number of aliphatic hydroxyl groups is 1. The highest BCUT2D eigenvalue weighted by molar-refractivity contribution is 5.06. The second kappa shape index (κ2) is 3.50. The van der Waals surface area contributed by atoms with Crippen molar-refractivity contribution in [3.63, 3.8) is 0 Å². The Kier molecular flexibility index (Phi) is 2.62. The van der Waals surface area contributed by atoms with Crippen molar-refractivity contribution in [1.82, 2.24) is 5.16 Å². The number of aromatic nitrogens is 1. The smallest absolute Gasteiger partial charge is 0.134 e. The van der Waals surface area contributed by atoms with Crippen molar-refractivity contribution in [3.05, 3.63) is 17.5 Å². The van der Waals surface area contributed by atoms with Crippen LogP contribution >= 0.6 is 0 Å². The van der Waals surface area contributed by atoms with Crippen LogP contribution in [0.2, 0.25) is 0 Å². The second-order valence-corrected chi connectivity index (χ2v) is 2.46. The van der Waals surface area contributed by atoms with E-state index in [0.29, 0.717) is 24.4 Å². The van der Waals surface area contributed by atoms with E-state index in [9.17, 15) is 5.11 Å². The summed E-state index contributed by atoms with van der Waals surface area (Å²) in [5.74, 6) is 0.705. The molecule has 1 rings (SSSR count). The molecule has 0 aromatic carbocycles. The Hall–Kier alpha value is -0.870. The lowest BCUT2D eigenvalue weighted by Gasteiger charge is -2.02. The van der Waals surface area contributed by atoms with Crippen molar-refractivity contribution in [2.24, 2.45) is 5.73 Å². The van der Waals surface area contributed by atoms with E-state index in [1.807, 2.05) is 0 Å². The van der Waals surface area contributed by atoms with Crippen molar-refractivity contribution in [3.8, 4) is 0 Å². The van der Waals surface area contributed by atoms with Crippen LogP contribution in [0.25, 0.3) is 0 Å². The van der Waals surface area contributed by atoms with E-state index in [1.54, 1.807) is 13.0 Å². The summed E-state index contributed by atoms with van der Waals surface area (Å²) in [6.07, 6.45) is -0.0659. The molecule has 4 nitrogen and oxygen atoms in total. The summed E-state index contributed by atoms with van der Waals surface area (Å²) in [6, 6.07) is 1.71. The Morgan fingerprint density at radius 2 is 2.55 bits per heavy atom. The van der Waals surface area contributed by atoms with Crippen molar-refractivity contribution in [1.29, 1.82) is 0 Å². The Bertz CT molecular complexity index is 222. The zero-order chi connectivity index (χ0) is 8.27. The third kappa shape index (κ3) is 2.03. The highest BCUT2D eigenvalue weighted by atomic mass is 16.5. The van der Waals surface area contributed by atoms with Crippen molar-refractivity contribution in [2.45, 2.75) is 19.4 Å². The van der Waals surface area contributed by atoms with Crippen LogP contribution in [0, 0.1) is 6.92 Å². The average molecular weight is 156 g/mol. The van der Waals surface area contributed by atoms with Crippen LogP contribution in [0.5, 0.6) is 0 Å². The van der Waals surface area contributed by atoms with E-state index in [0.717, 1.165) is 0 Å². The van der Waals surface area contributed by atoms with Gasteiger partial charge >= 0.3 is 0 Å². The van der Waals surface area contributed by atoms with Crippen LogP contribution in [-0.2, 0) is 0 Å². The van der Waals surface area contributed by atoms with Gasteiger partial charge in [0, 0.05) is 6.07 Å². The van der Waals surface area contributed by atoms with E-state index >= 15 is 0 Å². The fourth-order valence-corrected chi connectivity index (χ4v) is 0.848. The Labute approximate surface area is 65.0 Å². The first-order valence-electron chi connectivity index (χ1n) is 3.55. The molecule has 1 heterocycles. The predicted molar refractivity (Wildman–Crippen MR) is 39.9 cm³/mol. The molecule has 62 valence electrons. The molecule has 3 N–H and O–H groups in total. The molecule has 4 heteroatoms. The average Bonchev–Trinajstić information content (AvgIpc) is 2.36. The number of aryl methyl sites for hydroxylation is 1. The van der Waals surface area contributed by atoms with Crippen LogP contribution in [0.1, 0.15) is 24.0 Å². The fraction of sp³-hybridized carbons (Fsp3) is 0.571. The summed E-state index contributed by atoms with van der Waals surface area (Å²) in [5, 5.41) is 13.0. The van der Waals surface area contributed by atoms with Crippen molar-refractivity contribution >= 4 is 0 Å². The largest absolute Gasteiger partial charge is 0.387 e. The fourth-order valence-electron chi connectivity index (χ4n) is 0.848. The molecule has 0 radical (unpaired) electrons. The molecule has 0 unspecified atom stereocenters. The maximum Gasteiger partial charge on any atom is 0.134 e. The number of rotatable bonds is 3. The first kappa shape index (κ1) is 8.23. The van der Waals surface area contributed by atoms with Gasteiger partial charge in [-0.05, 0) is 19.9 Å². The topological polar surface area (TPSA) is 72.3 Å². The normalized spacial score (nSPS) is 13.4. The molecule has 0 aliphatic rings. The molecule has 0 amide bonds.